The Morgan fingerprint density at radius 3 is 2.34 bits per heavy atom. The molecule has 3 heterocycles. The fourth-order valence-electron chi connectivity index (χ4n) is 8.47. The Kier molecular flexibility index (Phi) is 14.4. The smallest absolute Gasteiger partial charge is 0.319 e. The number of carbonyl (C=O) groups excluding carboxylic acids is 4. The molecule has 0 aliphatic carbocycles. The highest BCUT2D eigenvalue weighted by atomic mass is 35.5. The van der Waals surface area contributed by atoms with Crippen molar-refractivity contribution in [3.63, 3.8) is 0 Å². The van der Waals surface area contributed by atoms with E-state index in [9.17, 15) is 24.3 Å². The first-order valence-electron chi connectivity index (χ1n) is 21.6. The van der Waals surface area contributed by atoms with Crippen LogP contribution in [0.4, 0.5) is 4.79 Å². The normalized spacial score (nSPS) is 21.0. The van der Waals surface area contributed by atoms with Gasteiger partial charge in [-0.05, 0) is 94.7 Å². The summed E-state index contributed by atoms with van der Waals surface area (Å²) < 4.78 is 8.47. The monoisotopic (exact) mass is 888 g/mol. The summed E-state index contributed by atoms with van der Waals surface area (Å²) in [6.07, 6.45) is 3.56. The number of rotatable bonds is 12. The average molecular weight is 889 g/mol. The fourth-order valence-corrected chi connectivity index (χ4v) is 8.64. The lowest BCUT2D eigenvalue weighted by atomic mass is 9.82. The van der Waals surface area contributed by atoms with Gasteiger partial charge in [-0.1, -0.05) is 77.8 Å². The molecule has 0 saturated carbocycles. The number of urea groups is 1. The SMILES string of the molecule is Cc1ccc(C[C@]23CCCN(C2)C(=O)[C@H](Cc2ccccc2)NC(=O)N(Cc2ccc(Cl)cc2Oc2ccc(-c4cnc(CN(C)C)n4C)cc2)[C@@H](C)C(=O)N[C@@H](CO)C(=O)N3)cc1. The number of aliphatic hydroxyl groups is 1. The maximum absolute atomic E-state index is 14.8. The highest BCUT2D eigenvalue weighted by Crippen LogP contribution is 2.33. The minimum Gasteiger partial charge on any atom is -0.457 e. The first kappa shape index (κ1) is 45.8. The molecule has 2 fully saturated rings. The number of piperidine rings is 1. The maximum atomic E-state index is 14.8. The van der Waals surface area contributed by atoms with Gasteiger partial charge in [0.15, 0.2) is 0 Å². The fraction of sp³-hybridized carbons (Fsp3) is 0.367. The van der Waals surface area contributed by atoms with Crippen molar-refractivity contribution in [1.29, 1.82) is 0 Å². The summed E-state index contributed by atoms with van der Waals surface area (Å²) in [7, 11) is 5.97. The van der Waals surface area contributed by atoms with Gasteiger partial charge < -0.3 is 45.1 Å². The number of imidazole rings is 1. The number of aliphatic hydroxyl groups excluding tert-OH is 1. The number of ether oxygens (including phenoxy) is 1. The molecule has 2 aliphatic heterocycles. The van der Waals surface area contributed by atoms with Gasteiger partial charge in [-0.25, -0.2) is 9.78 Å². The van der Waals surface area contributed by atoms with E-state index in [4.69, 9.17) is 16.3 Å². The summed E-state index contributed by atoms with van der Waals surface area (Å²) in [6, 6.07) is 25.7. The third-order valence-electron chi connectivity index (χ3n) is 12.0. The van der Waals surface area contributed by atoms with E-state index in [0.29, 0.717) is 54.4 Å². The molecule has 4 N–H and O–H groups in total. The van der Waals surface area contributed by atoms with Crippen molar-refractivity contribution in [1.82, 2.24) is 40.2 Å². The zero-order valence-electron chi connectivity index (χ0n) is 37.0. The molecular weight excluding hydrogens is 832 g/mol. The van der Waals surface area contributed by atoms with Crippen LogP contribution in [0.15, 0.2) is 103 Å². The van der Waals surface area contributed by atoms with Crippen molar-refractivity contribution in [2.24, 2.45) is 7.05 Å². The number of aryl methyl sites for hydroxylation is 1. The van der Waals surface area contributed by atoms with E-state index in [1.54, 1.807) is 23.1 Å². The van der Waals surface area contributed by atoms with Gasteiger partial charge >= 0.3 is 6.03 Å². The number of amides is 5. The number of nitrogens with zero attached hydrogens (tertiary/aromatic N) is 5. The molecule has 2 bridgehead atoms. The number of hydrogen-bond donors (Lipinski definition) is 4. The Morgan fingerprint density at radius 1 is 0.906 bits per heavy atom. The minimum atomic E-state index is -1.34. The predicted molar refractivity (Wildman–Crippen MR) is 246 cm³/mol. The van der Waals surface area contributed by atoms with Gasteiger partial charge in [0.25, 0.3) is 0 Å². The highest BCUT2D eigenvalue weighted by Gasteiger charge is 2.43. The van der Waals surface area contributed by atoms with E-state index >= 15 is 0 Å². The molecule has 64 heavy (non-hydrogen) atoms. The third kappa shape index (κ3) is 10.9. The summed E-state index contributed by atoms with van der Waals surface area (Å²) in [6.45, 7) is 3.96. The Hall–Kier alpha value is -6.22. The number of benzene rings is 4. The Bertz CT molecular complexity index is 2440. The number of aromatic nitrogens is 2. The Balaban J connectivity index is 1.20. The van der Waals surface area contributed by atoms with Crippen LogP contribution in [0.5, 0.6) is 11.5 Å². The van der Waals surface area contributed by atoms with Crippen LogP contribution < -0.4 is 20.7 Å². The van der Waals surface area contributed by atoms with Gasteiger partial charge in [-0.3, -0.25) is 14.4 Å². The molecular formula is C49H57ClN8O6. The quantitative estimate of drug-likeness (QED) is 0.126. The van der Waals surface area contributed by atoms with Crippen LogP contribution >= 0.6 is 11.6 Å². The molecule has 2 saturated heterocycles. The standard InChI is InChI=1S/C49H57ClN8O6/c1-32-12-14-35(15-13-32)26-49-22-9-23-57(31-49)47(62)40(24-34-10-7-6-8-11-34)53-48(63)58(33(2)45(60)52-41(30-59)46(61)54-49)28-37-16-19-38(50)25-43(37)64-39-20-17-36(18-21-39)42-27-51-44(56(42)5)29-55(3)4/h6-8,10-21,25,27,33,40-41,59H,9,22-24,26,28-31H2,1-5H3,(H,52,60)(H,53,63)(H,54,61)/t33-,40-,41-,49+/m0/s1. The maximum Gasteiger partial charge on any atom is 0.319 e. The van der Waals surface area contributed by atoms with Gasteiger partial charge in [0, 0.05) is 42.7 Å². The molecule has 5 amide bonds. The number of hydrogen-bond acceptors (Lipinski definition) is 8. The molecule has 0 radical (unpaired) electrons. The van der Waals surface area contributed by atoms with Crippen LogP contribution in [0.2, 0.25) is 5.02 Å². The van der Waals surface area contributed by atoms with E-state index in [-0.39, 0.29) is 25.4 Å². The van der Waals surface area contributed by atoms with Crippen LogP contribution in [0.3, 0.4) is 0 Å². The molecule has 15 heteroatoms. The molecule has 5 aromatic rings. The first-order valence-corrected chi connectivity index (χ1v) is 22.0. The van der Waals surface area contributed by atoms with E-state index in [0.717, 1.165) is 33.8 Å². The summed E-state index contributed by atoms with van der Waals surface area (Å²) in [5, 5.41) is 19.8. The van der Waals surface area contributed by atoms with Crippen molar-refractivity contribution < 1.29 is 29.0 Å². The van der Waals surface area contributed by atoms with E-state index in [2.05, 4.69) is 25.8 Å². The van der Waals surface area contributed by atoms with Gasteiger partial charge in [-0.2, -0.15) is 0 Å². The van der Waals surface area contributed by atoms with E-state index in [1.165, 1.54) is 11.8 Å². The minimum absolute atomic E-state index is 0.152. The van der Waals surface area contributed by atoms with Crippen LogP contribution in [-0.4, -0.2) is 111 Å². The Morgan fingerprint density at radius 2 is 1.64 bits per heavy atom. The lowest BCUT2D eigenvalue weighted by molar-refractivity contribution is -0.138. The second-order valence-corrected chi connectivity index (χ2v) is 17.7. The molecule has 1 aromatic heterocycles. The lowest BCUT2D eigenvalue weighted by Crippen LogP contribution is -2.67. The molecule has 7 rings (SSSR count). The Labute approximate surface area is 379 Å². The van der Waals surface area contributed by atoms with Crippen molar-refractivity contribution in [2.45, 2.75) is 76.3 Å². The van der Waals surface area contributed by atoms with Crippen molar-refractivity contribution in [2.75, 3.05) is 33.8 Å². The van der Waals surface area contributed by atoms with Crippen molar-refractivity contribution in [3.05, 3.63) is 136 Å². The molecule has 0 unspecified atom stereocenters. The van der Waals surface area contributed by atoms with Gasteiger partial charge in [0.2, 0.25) is 17.7 Å². The number of halogens is 1. The zero-order valence-corrected chi connectivity index (χ0v) is 37.8. The highest BCUT2D eigenvalue weighted by molar-refractivity contribution is 6.30. The summed E-state index contributed by atoms with van der Waals surface area (Å²) in [5.74, 6) is 0.195. The molecule has 0 spiro atoms. The predicted octanol–water partition coefficient (Wildman–Crippen LogP) is 5.63. The molecule has 4 atom stereocenters. The van der Waals surface area contributed by atoms with Crippen molar-refractivity contribution in [3.8, 4) is 22.8 Å². The largest absolute Gasteiger partial charge is 0.457 e. The molecule has 336 valence electrons. The number of carbonyl (C=O) groups is 4. The van der Waals surface area contributed by atoms with E-state index in [1.807, 2.05) is 118 Å². The topological polar surface area (TPSA) is 161 Å². The number of nitrogens with one attached hydrogen (secondary N) is 3. The van der Waals surface area contributed by atoms with Crippen LogP contribution in [0, 0.1) is 6.92 Å². The second kappa shape index (κ2) is 20.1. The summed E-state index contributed by atoms with van der Waals surface area (Å²) in [5.41, 5.74) is 4.37. The van der Waals surface area contributed by atoms with E-state index < -0.39 is 48.1 Å². The first-order chi connectivity index (χ1) is 30.7. The van der Waals surface area contributed by atoms with Gasteiger partial charge in [0.1, 0.15) is 35.4 Å². The molecule has 2 aliphatic rings. The van der Waals surface area contributed by atoms with Gasteiger partial charge in [0.05, 0.1) is 37.1 Å². The van der Waals surface area contributed by atoms with Crippen molar-refractivity contribution >= 4 is 35.4 Å². The van der Waals surface area contributed by atoms with Crippen LogP contribution in [0.1, 0.15) is 47.8 Å². The second-order valence-electron chi connectivity index (χ2n) is 17.3. The zero-order chi connectivity index (χ0) is 45.5. The molecule has 14 nitrogen and oxygen atoms in total. The van der Waals surface area contributed by atoms with Crippen LogP contribution in [0.25, 0.3) is 11.3 Å². The molecule has 4 aromatic carbocycles. The summed E-state index contributed by atoms with van der Waals surface area (Å²) in [4.78, 5) is 67.6. The average Bonchev–Trinajstić information content (AvgIpc) is 3.63. The number of fused-ring (bicyclic) bond motifs is 2. The summed E-state index contributed by atoms with van der Waals surface area (Å²) >= 11 is 6.52. The van der Waals surface area contributed by atoms with Gasteiger partial charge in [-0.15, -0.1) is 0 Å². The van der Waals surface area contributed by atoms with Crippen LogP contribution in [-0.2, 0) is 47.4 Å². The lowest BCUT2D eigenvalue weighted by Gasteiger charge is -2.45. The third-order valence-corrected chi connectivity index (χ3v) is 12.3.